The second-order valence-electron chi connectivity index (χ2n) is 7.90. The third-order valence-electron chi connectivity index (χ3n) is 5.68. The summed E-state index contributed by atoms with van der Waals surface area (Å²) < 4.78 is 7.48. The number of allylic oxidation sites excluding steroid dienone is 1. The molecule has 32 heavy (non-hydrogen) atoms. The van der Waals surface area contributed by atoms with Gasteiger partial charge in [-0.2, -0.15) is 0 Å². The van der Waals surface area contributed by atoms with E-state index in [1.165, 1.54) is 16.6 Å². The van der Waals surface area contributed by atoms with Crippen molar-refractivity contribution in [3.8, 4) is 0 Å². The van der Waals surface area contributed by atoms with Gasteiger partial charge in [0.15, 0.2) is 5.16 Å². The predicted octanol–water partition coefficient (Wildman–Crippen LogP) is 4.85. The Morgan fingerprint density at radius 3 is 3.06 bits per heavy atom. The minimum Gasteiger partial charge on any atom is -0.459 e. The predicted molar refractivity (Wildman–Crippen MR) is 130 cm³/mol. The number of aromatic nitrogens is 2. The number of amides is 1. The molecule has 0 unspecified atom stereocenters. The second kappa shape index (κ2) is 8.60. The number of carbonyl (C=O) groups is 1. The summed E-state index contributed by atoms with van der Waals surface area (Å²) in [5.74, 6) is 0.724. The van der Waals surface area contributed by atoms with Crippen molar-refractivity contribution in [2.24, 2.45) is 0 Å². The van der Waals surface area contributed by atoms with E-state index in [2.05, 4.69) is 11.9 Å². The molecule has 164 valence electrons. The first-order valence-electron chi connectivity index (χ1n) is 10.6. The Morgan fingerprint density at radius 2 is 2.25 bits per heavy atom. The van der Waals surface area contributed by atoms with E-state index in [9.17, 15) is 9.59 Å². The fourth-order valence-corrected chi connectivity index (χ4v) is 6.28. The van der Waals surface area contributed by atoms with E-state index < -0.39 is 0 Å². The van der Waals surface area contributed by atoms with E-state index in [0.29, 0.717) is 17.5 Å². The van der Waals surface area contributed by atoms with Gasteiger partial charge in [-0.15, -0.1) is 17.9 Å². The van der Waals surface area contributed by atoms with E-state index in [0.717, 1.165) is 46.0 Å². The summed E-state index contributed by atoms with van der Waals surface area (Å²) in [6, 6.07) is 9.45. The van der Waals surface area contributed by atoms with Crippen LogP contribution in [-0.2, 0) is 24.2 Å². The zero-order valence-electron chi connectivity index (χ0n) is 17.7. The number of thioether (sulfide) groups is 1. The molecule has 3 aromatic heterocycles. The molecule has 0 saturated heterocycles. The number of thiophene rings is 1. The normalized spacial score (nSPS) is 14.0. The molecule has 0 radical (unpaired) electrons. The van der Waals surface area contributed by atoms with Gasteiger partial charge >= 0.3 is 0 Å². The molecule has 8 heteroatoms. The first-order chi connectivity index (χ1) is 15.5. The van der Waals surface area contributed by atoms with E-state index in [1.807, 2.05) is 37.3 Å². The van der Waals surface area contributed by atoms with Gasteiger partial charge in [0.25, 0.3) is 5.56 Å². The zero-order chi connectivity index (χ0) is 22.2. The molecule has 1 aliphatic carbocycles. The maximum Gasteiger partial charge on any atom is 0.263 e. The number of hydrogen-bond acceptors (Lipinski definition) is 6. The Labute approximate surface area is 193 Å². The number of carbonyl (C=O) groups excluding carboxylic acids is 1. The minimum atomic E-state index is -0.262. The lowest BCUT2D eigenvalue weighted by molar-refractivity contribution is -0.119. The Bertz CT molecular complexity index is 1370. The number of para-hydroxylation sites is 1. The average molecular weight is 466 g/mol. The first-order valence-corrected chi connectivity index (χ1v) is 12.4. The lowest BCUT2D eigenvalue weighted by atomic mass is 10.2. The van der Waals surface area contributed by atoms with Crippen LogP contribution in [0.1, 0.15) is 35.6 Å². The summed E-state index contributed by atoms with van der Waals surface area (Å²) in [5, 5.41) is 5.28. The molecule has 5 rings (SSSR count). The van der Waals surface area contributed by atoms with Crippen LogP contribution >= 0.6 is 23.1 Å². The molecule has 1 aliphatic rings. The molecule has 1 N–H and O–H groups in total. The fraction of sp³-hybridized carbons (Fsp3) is 0.292. The number of benzene rings is 1. The molecule has 0 fully saturated rings. The Kier molecular flexibility index (Phi) is 5.65. The number of rotatable bonds is 7. The monoisotopic (exact) mass is 465 g/mol. The second-order valence-corrected chi connectivity index (χ2v) is 9.93. The molecule has 1 atom stereocenters. The van der Waals surface area contributed by atoms with Crippen molar-refractivity contribution in [2.45, 2.75) is 43.9 Å². The fourth-order valence-electron chi connectivity index (χ4n) is 4.16. The molecule has 1 amide bonds. The highest BCUT2D eigenvalue weighted by atomic mass is 32.2. The zero-order valence-corrected chi connectivity index (χ0v) is 19.4. The molecule has 6 nitrogen and oxygen atoms in total. The largest absolute Gasteiger partial charge is 0.459 e. The molecule has 0 saturated carbocycles. The molecular weight excluding hydrogens is 442 g/mol. The number of fused-ring (bicyclic) bond motifs is 4. The SMILES string of the molecule is C=CCn1c(SCC(=O)N[C@@H](C)c2cc3ccccc3o2)nc2sc3c(c2c1=O)CCC3. The summed E-state index contributed by atoms with van der Waals surface area (Å²) in [7, 11) is 0. The van der Waals surface area contributed by atoms with Crippen molar-refractivity contribution >= 4 is 50.2 Å². The van der Waals surface area contributed by atoms with Crippen molar-refractivity contribution in [2.75, 3.05) is 5.75 Å². The summed E-state index contributed by atoms with van der Waals surface area (Å²) in [5.41, 5.74) is 1.92. The van der Waals surface area contributed by atoms with E-state index >= 15 is 0 Å². The maximum absolute atomic E-state index is 13.2. The molecule has 3 heterocycles. The van der Waals surface area contributed by atoms with Gasteiger partial charge in [0.2, 0.25) is 5.91 Å². The third kappa shape index (κ3) is 3.78. The number of furan rings is 1. The van der Waals surface area contributed by atoms with Crippen molar-refractivity contribution in [1.29, 1.82) is 0 Å². The Morgan fingerprint density at radius 1 is 1.41 bits per heavy atom. The quantitative estimate of drug-likeness (QED) is 0.240. The number of aryl methyl sites for hydroxylation is 2. The van der Waals surface area contributed by atoms with Crippen molar-refractivity contribution in [3.05, 3.63) is 69.5 Å². The Hall–Kier alpha value is -2.84. The molecule has 0 bridgehead atoms. The molecular formula is C24H23N3O3S2. The van der Waals surface area contributed by atoms with E-state index in [1.54, 1.807) is 22.0 Å². The molecule has 4 aromatic rings. The van der Waals surface area contributed by atoms with Gasteiger partial charge in [-0.1, -0.05) is 36.0 Å². The highest BCUT2D eigenvalue weighted by Gasteiger charge is 2.23. The number of nitrogens with zero attached hydrogens (tertiary/aromatic N) is 2. The van der Waals surface area contributed by atoms with Crippen LogP contribution in [0.3, 0.4) is 0 Å². The highest BCUT2D eigenvalue weighted by Crippen LogP contribution is 2.35. The summed E-state index contributed by atoms with van der Waals surface area (Å²) >= 11 is 2.88. The lowest BCUT2D eigenvalue weighted by Gasteiger charge is -2.13. The molecule has 0 spiro atoms. The van der Waals surface area contributed by atoms with E-state index in [4.69, 9.17) is 9.40 Å². The van der Waals surface area contributed by atoms with Gasteiger partial charge < -0.3 is 9.73 Å². The third-order valence-corrected chi connectivity index (χ3v) is 7.84. The van der Waals surface area contributed by atoms with Gasteiger partial charge in [0.1, 0.15) is 16.2 Å². The van der Waals surface area contributed by atoms with Crippen LogP contribution in [0, 0.1) is 0 Å². The summed E-state index contributed by atoms with van der Waals surface area (Å²) in [6.45, 7) is 6.04. The minimum absolute atomic E-state index is 0.0344. The van der Waals surface area contributed by atoms with Crippen LogP contribution in [0.15, 0.2) is 57.4 Å². The van der Waals surface area contributed by atoms with Crippen molar-refractivity contribution < 1.29 is 9.21 Å². The van der Waals surface area contributed by atoms with Crippen LogP contribution in [0.2, 0.25) is 0 Å². The van der Waals surface area contributed by atoms with Crippen LogP contribution in [0.25, 0.3) is 21.2 Å². The van der Waals surface area contributed by atoms with Crippen LogP contribution in [0.4, 0.5) is 0 Å². The van der Waals surface area contributed by atoms with Crippen LogP contribution in [-0.4, -0.2) is 21.2 Å². The van der Waals surface area contributed by atoms with Gasteiger partial charge in [-0.25, -0.2) is 4.98 Å². The maximum atomic E-state index is 13.2. The smallest absolute Gasteiger partial charge is 0.263 e. The number of hydrogen-bond donors (Lipinski definition) is 1. The van der Waals surface area contributed by atoms with Crippen LogP contribution < -0.4 is 10.9 Å². The highest BCUT2D eigenvalue weighted by molar-refractivity contribution is 7.99. The van der Waals surface area contributed by atoms with Gasteiger partial charge in [-0.3, -0.25) is 14.2 Å². The van der Waals surface area contributed by atoms with Gasteiger partial charge in [0.05, 0.1) is 17.2 Å². The summed E-state index contributed by atoms with van der Waals surface area (Å²) in [6.07, 6.45) is 4.74. The first kappa shape index (κ1) is 21.0. The van der Waals surface area contributed by atoms with Gasteiger partial charge in [0, 0.05) is 16.8 Å². The van der Waals surface area contributed by atoms with Crippen molar-refractivity contribution in [3.63, 3.8) is 0 Å². The topological polar surface area (TPSA) is 77.1 Å². The van der Waals surface area contributed by atoms with Crippen LogP contribution in [0.5, 0.6) is 0 Å². The summed E-state index contributed by atoms with van der Waals surface area (Å²) in [4.78, 5) is 32.7. The van der Waals surface area contributed by atoms with E-state index in [-0.39, 0.29) is 23.3 Å². The average Bonchev–Trinajstić information content (AvgIpc) is 3.48. The molecule has 1 aromatic carbocycles. The number of nitrogens with one attached hydrogen (secondary N) is 1. The Balaban J connectivity index is 1.34. The van der Waals surface area contributed by atoms with Gasteiger partial charge in [-0.05, 0) is 43.9 Å². The lowest BCUT2D eigenvalue weighted by Crippen LogP contribution is -2.29. The molecule has 0 aliphatic heterocycles. The van der Waals surface area contributed by atoms with Crippen molar-refractivity contribution in [1.82, 2.24) is 14.9 Å². The standard InChI is InChI=1S/C24H23N3O3S2/c1-3-11-27-23(29)21-16-8-6-10-19(16)32-22(21)26-24(27)31-13-20(28)25-14(2)18-12-15-7-4-5-9-17(15)30-18/h3-5,7,9,12,14H,1,6,8,10-11,13H2,2H3,(H,25,28)/t14-/m0/s1.